The molecule has 16 heteroatoms. The lowest BCUT2D eigenvalue weighted by molar-refractivity contribution is -0.193. The van der Waals surface area contributed by atoms with Gasteiger partial charge >= 0.3 is 35.8 Å². The van der Waals surface area contributed by atoms with Gasteiger partial charge in [0.05, 0.1) is 52.8 Å². The average Bonchev–Trinajstić information content (AvgIpc) is 1.57. The van der Waals surface area contributed by atoms with Gasteiger partial charge in [0, 0.05) is 11.8 Å². The molecule has 0 aromatic heterocycles. The van der Waals surface area contributed by atoms with Gasteiger partial charge in [0.2, 0.25) is 0 Å². The number of carbonyl (C=O) groups is 7. The summed E-state index contributed by atoms with van der Waals surface area (Å²) < 4.78 is 52.9. The van der Waals surface area contributed by atoms with Crippen LogP contribution in [-0.4, -0.2) is 99.1 Å². The van der Waals surface area contributed by atoms with Crippen molar-refractivity contribution in [2.45, 2.75) is 279 Å². The lowest BCUT2D eigenvalue weighted by Gasteiger charge is -2.52. The minimum atomic E-state index is -0.440. The largest absolute Gasteiger partial charge is 0.462 e. The molecule has 18 saturated carbocycles. The van der Waals surface area contributed by atoms with Crippen LogP contribution in [0.5, 0.6) is 0 Å². The van der Waals surface area contributed by atoms with E-state index in [0.717, 1.165) is 140 Å². The molecule has 29 atom stereocenters. The van der Waals surface area contributed by atoms with Gasteiger partial charge < -0.3 is 42.6 Å². The number of Topliss-reactive ketones (excluding diaryl/α,β-unsaturated/α-hetero) is 1. The van der Waals surface area contributed by atoms with Crippen LogP contribution >= 0.6 is 0 Å². The van der Waals surface area contributed by atoms with Gasteiger partial charge in [0.1, 0.15) is 24.1 Å². The van der Waals surface area contributed by atoms with Crippen LogP contribution in [0.2, 0.25) is 0 Å². The first kappa shape index (κ1) is 71.0. The highest BCUT2D eigenvalue weighted by atomic mass is 16.7. The molecule has 16 nitrogen and oxygen atoms in total. The van der Waals surface area contributed by atoms with Crippen molar-refractivity contribution in [3.05, 3.63) is 0 Å². The third-order valence-corrected chi connectivity index (χ3v) is 32.2. The Bertz CT molecular complexity index is 2980. The molecule has 0 heterocycles. The van der Waals surface area contributed by atoms with E-state index in [2.05, 4.69) is 0 Å². The van der Waals surface area contributed by atoms with Crippen LogP contribution in [0, 0.1) is 170 Å². The van der Waals surface area contributed by atoms with E-state index >= 15 is 0 Å². The van der Waals surface area contributed by atoms with E-state index in [1.165, 1.54) is 64.2 Å². The molecule has 29 unspecified atom stereocenters. The van der Waals surface area contributed by atoms with E-state index in [9.17, 15) is 33.6 Å². The van der Waals surface area contributed by atoms with Crippen molar-refractivity contribution in [2.75, 3.05) is 27.0 Å². The molecule has 18 rings (SSSR count). The monoisotopic (exact) mass is 1380 g/mol. The number of esters is 6. The van der Waals surface area contributed by atoms with Gasteiger partial charge in [0.15, 0.2) is 20.4 Å². The maximum Gasteiger partial charge on any atom is 0.311 e. The fraction of sp³-hybridized carbons (Fsp3) is 0.916. The van der Waals surface area contributed by atoms with Gasteiger partial charge in [-0.05, 0) is 313 Å². The third-order valence-electron chi connectivity index (χ3n) is 32.2. The first-order valence-corrected chi connectivity index (χ1v) is 41.0. The summed E-state index contributed by atoms with van der Waals surface area (Å²) in [6.07, 6.45) is 32.1. The Labute approximate surface area is 591 Å². The molecule has 552 valence electrons. The molecular formula is C83H124O16. The number of carbonyl (C=O) groups excluding carboxylic acids is 7. The molecule has 0 spiro atoms. The van der Waals surface area contributed by atoms with Crippen LogP contribution in [0.4, 0.5) is 0 Å². The van der Waals surface area contributed by atoms with Crippen LogP contribution in [0.1, 0.15) is 249 Å². The fourth-order valence-electron chi connectivity index (χ4n) is 26.6. The van der Waals surface area contributed by atoms with Crippen molar-refractivity contribution in [1.29, 1.82) is 0 Å². The summed E-state index contributed by atoms with van der Waals surface area (Å²) in [6.45, 7) is 18.9. The molecule has 0 radical (unpaired) electrons. The van der Waals surface area contributed by atoms with E-state index in [4.69, 9.17) is 42.6 Å². The van der Waals surface area contributed by atoms with Crippen molar-refractivity contribution in [3.63, 3.8) is 0 Å². The molecule has 0 aromatic rings. The van der Waals surface area contributed by atoms with Crippen molar-refractivity contribution < 1.29 is 76.2 Å². The Balaban J connectivity index is 0.000000121. The van der Waals surface area contributed by atoms with Crippen LogP contribution in [0.15, 0.2) is 0 Å². The van der Waals surface area contributed by atoms with Crippen LogP contribution < -0.4 is 0 Å². The highest BCUT2D eigenvalue weighted by Crippen LogP contribution is 2.72. The second kappa shape index (κ2) is 28.3. The maximum absolute atomic E-state index is 13.2. The predicted octanol–water partition coefficient (Wildman–Crippen LogP) is 15.3. The van der Waals surface area contributed by atoms with E-state index in [1.807, 2.05) is 62.3 Å². The second-order valence-corrected chi connectivity index (χ2v) is 38.2. The Kier molecular flexibility index (Phi) is 20.3. The average molecular weight is 1380 g/mol. The highest BCUT2D eigenvalue weighted by molar-refractivity contribution is 5.86. The smallest absolute Gasteiger partial charge is 0.311 e. The first-order chi connectivity index (χ1) is 47.5. The normalized spacial score (nSPS) is 44.1. The predicted molar refractivity (Wildman–Crippen MR) is 366 cm³/mol. The van der Waals surface area contributed by atoms with Gasteiger partial charge in [-0.2, -0.15) is 0 Å². The van der Waals surface area contributed by atoms with Crippen LogP contribution in [0.3, 0.4) is 0 Å². The Morgan fingerprint density at radius 1 is 0.384 bits per heavy atom. The van der Waals surface area contributed by atoms with Gasteiger partial charge in [-0.1, -0.05) is 59.3 Å². The molecule has 0 saturated heterocycles. The first-order valence-electron chi connectivity index (χ1n) is 41.0. The van der Waals surface area contributed by atoms with Crippen molar-refractivity contribution in [3.8, 4) is 0 Å². The number of ether oxygens (including phenoxy) is 9. The van der Waals surface area contributed by atoms with Gasteiger partial charge in [-0.15, -0.1) is 0 Å². The summed E-state index contributed by atoms with van der Waals surface area (Å²) >= 11 is 0. The summed E-state index contributed by atoms with van der Waals surface area (Å²) in [5.74, 6) is 12.2. The zero-order valence-electron chi connectivity index (χ0n) is 61.8. The molecule has 0 aliphatic heterocycles. The Morgan fingerprint density at radius 2 is 0.768 bits per heavy atom. The summed E-state index contributed by atoms with van der Waals surface area (Å²) in [5, 5.41) is 0. The van der Waals surface area contributed by atoms with E-state index in [-0.39, 0.29) is 116 Å². The maximum atomic E-state index is 13.2. The minimum absolute atomic E-state index is 0.0144. The quantitative estimate of drug-likeness (QED) is 0.0325. The Morgan fingerprint density at radius 3 is 1.19 bits per heavy atom. The summed E-state index contributed by atoms with van der Waals surface area (Å²) in [5.41, 5.74) is -1.27. The van der Waals surface area contributed by atoms with Gasteiger partial charge in [-0.25, -0.2) is 0 Å². The summed E-state index contributed by atoms with van der Waals surface area (Å²) in [6, 6.07) is 0. The molecule has 16 bridgehead atoms. The summed E-state index contributed by atoms with van der Waals surface area (Å²) in [4.78, 5) is 89.9. The number of fused-ring (bicyclic) bond motifs is 27. The number of hydrogen-bond donors (Lipinski definition) is 0. The topological polar surface area (TPSA) is 203 Å². The van der Waals surface area contributed by atoms with E-state index < -0.39 is 16.2 Å². The third kappa shape index (κ3) is 13.3. The standard InChI is InChI=1S/C30H42O6.C27H42O5.C26H40O5/c1-4-30(2,3)29(33)36-23-12-16-11-21(23)25-19-9-15(24(16)25)10-20(19)28(32)35-13-34-27-18-6-14-5-17(8-18)26(31)22(27)7-14;1-4-27(2,3)26(29)32-22-13-18-12-21(22)24-19-10-17(23(18)24)11-20(19)25(28)31-15-30-14-16-8-6-5-7-9-16;1-4-26(2,3)25(28)31-21-13-16-12-20(21)23-18-10-15(22(16)23)11-19(18)24(27)30-14-29-17-8-6-5-7-9-17/h14-25,27H,4-13H2,1-3H3;16-24H,4-15H2,1-3H3;15-23H,4-14H2,1-3H3. The molecule has 0 aromatic carbocycles. The molecule has 18 aliphatic rings. The number of hydrogen-bond acceptors (Lipinski definition) is 16. The zero-order chi connectivity index (χ0) is 69.1. The lowest BCUT2D eigenvalue weighted by Crippen LogP contribution is -2.55. The van der Waals surface area contributed by atoms with E-state index in [0.29, 0.717) is 118 Å². The zero-order valence-corrected chi connectivity index (χ0v) is 61.8. The molecular weight excluding hydrogens is 1250 g/mol. The van der Waals surface area contributed by atoms with Crippen molar-refractivity contribution in [2.24, 2.45) is 170 Å². The van der Waals surface area contributed by atoms with Crippen LogP contribution in [-0.2, 0) is 76.2 Å². The van der Waals surface area contributed by atoms with Gasteiger partial charge in [0.25, 0.3) is 0 Å². The van der Waals surface area contributed by atoms with Crippen molar-refractivity contribution in [1.82, 2.24) is 0 Å². The molecule has 99 heavy (non-hydrogen) atoms. The molecule has 18 fully saturated rings. The molecule has 0 N–H and O–H groups in total. The summed E-state index contributed by atoms with van der Waals surface area (Å²) in [7, 11) is 0. The van der Waals surface area contributed by atoms with Gasteiger partial charge in [-0.3, -0.25) is 33.6 Å². The van der Waals surface area contributed by atoms with Crippen molar-refractivity contribution >= 4 is 41.6 Å². The number of ketones is 1. The minimum Gasteiger partial charge on any atom is -0.462 e. The number of rotatable bonds is 22. The van der Waals surface area contributed by atoms with Crippen LogP contribution in [0.25, 0.3) is 0 Å². The lowest BCUT2D eigenvalue weighted by atomic mass is 9.54. The SMILES string of the molecule is CCC(C)(C)C(=O)OC1CC2CC1C1C3CC(CC3C(=O)OCOC3C4CC5CC(C4)C(=O)C3C5)C21.CCC(C)(C)C(=O)OC1CC2CC1C1C3CC(CC3C(=O)OCOC3CCCCC3)C21.CCC(C)(C)C(=O)OC1CC2CC1C1C3CC(CC3C(=O)OCOCC3CCCCC3)C21. The highest BCUT2D eigenvalue weighted by Gasteiger charge is 2.70. The fourth-order valence-corrected chi connectivity index (χ4v) is 26.6. The molecule has 18 aliphatic carbocycles. The van der Waals surface area contributed by atoms with E-state index in [1.54, 1.807) is 0 Å². The Hall–Kier alpha value is -3.63. The molecule has 0 amide bonds. The second-order valence-electron chi connectivity index (χ2n) is 38.2.